The van der Waals surface area contributed by atoms with E-state index in [0.29, 0.717) is 42.8 Å². The SMILES string of the molecule is CC1CN(C(=O)c2ccc(CNc3nccc(Oc4ccc(F)cc4)n3)cc2)CC(C)O1. The zero-order valence-electron chi connectivity index (χ0n) is 18.0. The lowest BCUT2D eigenvalue weighted by atomic mass is 10.1. The number of nitrogens with zero attached hydrogens (tertiary/aromatic N) is 3. The van der Waals surface area contributed by atoms with Crippen LogP contribution in [-0.2, 0) is 11.3 Å². The zero-order chi connectivity index (χ0) is 22.5. The molecule has 2 aromatic carbocycles. The molecule has 1 aromatic heterocycles. The smallest absolute Gasteiger partial charge is 0.254 e. The summed E-state index contributed by atoms with van der Waals surface area (Å²) in [7, 11) is 0. The molecule has 0 radical (unpaired) electrons. The molecule has 8 heteroatoms. The third-order valence-corrected chi connectivity index (χ3v) is 5.02. The van der Waals surface area contributed by atoms with Crippen molar-refractivity contribution in [2.45, 2.75) is 32.6 Å². The van der Waals surface area contributed by atoms with E-state index in [1.165, 1.54) is 24.3 Å². The van der Waals surface area contributed by atoms with Crippen molar-refractivity contribution in [2.75, 3.05) is 18.4 Å². The topological polar surface area (TPSA) is 76.6 Å². The quantitative estimate of drug-likeness (QED) is 0.622. The number of rotatable bonds is 6. The van der Waals surface area contributed by atoms with E-state index in [-0.39, 0.29) is 23.9 Å². The first-order chi connectivity index (χ1) is 15.5. The number of ether oxygens (including phenoxy) is 2. The maximum Gasteiger partial charge on any atom is 0.254 e. The highest BCUT2D eigenvalue weighted by molar-refractivity contribution is 5.94. The zero-order valence-corrected chi connectivity index (χ0v) is 18.0. The van der Waals surface area contributed by atoms with Crippen LogP contribution in [0.5, 0.6) is 11.6 Å². The Labute approximate surface area is 186 Å². The fourth-order valence-electron chi connectivity index (χ4n) is 3.58. The van der Waals surface area contributed by atoms with Gasteiger partial charge in [-0.25, -0.2) is 9.37 Å². The van der Waals surface area contributed by atoms with Crippen LogP contribution in [0.25, 0.3) is 0 Å². The van der Waals surface area contributed by atoms with Crippen LogP contribution in [0.15, 0.2) is 60.8 Å². The van der Waals surface area contributed by atoms with E-state index in [9.17, 15) is 9.18 Å². The van der Waals surface area contributed by atoms with Gasteiger partial charge in [0.25, 0.3) is 5.91 Å². The molecule has 0 bridgehead atoms. The predicted octanol–water partition coefficient (Wildman–Crippen LogP) is 4.27. The van der Waals surface area contributed by atoms with Crippen molar-refractivity contribution in [3.8, 4) is 11.6 Å². The number of carbonyl (C=O) groups is 1. The van der Waals surface area contributed by atoms with Crippen LogP contribution < -0.4 is 10.1 Å². The van der Waals surface area contributed by atoms with Gasteiger partial charge in [0, 0.05) is 37.5 Å². The first-order valence-corrected chi connectivity index (χ1v) is 10.5. The molecular weight excluding hydrogens is 411 g/mol. The van der Waals surface area contributed by atoms with E-state index in [2.05, 4.69) is 15.3 Å². The second-order valence-corrected chi connectivity index (χ2v) is 7.79. The molecular formula is C24H25FN4O3. The number of hydrogen-bond acceptors (Lipinski definition) is 6. The van der Waals surface area contributed by atoms with Gasteiger partial charge in [0.05, 0.1) is 12.2 Å². The predicted molar refractivity (Wildman–Crippen MR) is 118 cm³/mol. The number of hydrogen-bond donors (Lipinski definition) is 1. The number of anilines is 1. The average molecular weight is 436 g/mol. The number of carbonyl (C=O) groups excluding carboxylic acids is 1. The van der Waals surface area contributed by atoms with E-state index in [1.807, 2.05) is 43.0 Å². The molecule has 4 rings (SSSR count). The van der Waals surface area contributed by atoms with Crippen LogP contribution in [0.3, 0.4) is 0 Å². The third kappa shape index (κ3) is 5.59. The second-order valence-electron chi connectivity index (χ2n) is 7.79. The molecule has 1 fully saturated rings. The number of halogens is 1. The van der Waals surface area contributed by atoms with Crippen molar-refractivity contribution in [2.24, 2.45) is 0 Å². The molecule has 1 saturated heterocycles. The molecule has 2 unspecified atom stereocenters. The summed E-state index contributed by atoms with van der Waals surface area (Å²) >= 11 is 0. The number of benzene rings is 2. The van der Waals surface area contributed by atoms with Crippen molar-refractivity contribution in [1.82, 2.24) is 14.9 Å². The van der Waals surface area contributed by atoms with E-state index in [0.717, 1.165) is 5.56 Å². The van der Waals surface area contributed by atoms with Gasteiger partial charge < -0.3 is 19.7 Å². The summed E-state index contributed by atoms with van der Waals surface area (Å²) in [5, 5.41) is 3.15. The van der Waals surface area contributed by atoms with Crippen LogP contribution in [0.2, 0.25) is 0 Å². The van der Waals surface area contributed by atoms with E-state index in [4.69, 9.17) is 9.47 Å². The van der Waals surface area contributed by atoms with Gasteiger partial charge in [0.15, 0.2) is 0 Å². The van der Waals surface area contributed by atoms with Gasteiger partial charge in [-0.1, -0.05) is 12.1 Å². The lowest BCUT2D eigenvalue weighted by Gasteiger charge is -2.35. The Hall–Kier alpha value is -3.52. The first kappa shape index (κ1) is 21.7. The summed E-state index contributed by atoms with van der Waals surface area (Å²) < 4.78 is 24.4. The standard InChI is InChI=1S/C24H25FN4O3/c1-16-14-29(15-17(2)31-16)23(30)19-5-3-18(4-6-19)13-27-24-26-12-11-22(28-24)32-21-9-7-20(25)8-10-21/h3-12,16-17H,13-15H2,1-2H3,(H,26,27,28). The Kier molecular flexibility index (Phi) is 6.61. The fraction of sp³-hybridized carbons (Fsp3) is 0.292. The van der Waals surface area contributed by atoms with E-state index < -0.39 is 0 Å². The fourth-order valence-corrected chi connectivity index (χ4v) is 3.58. The Morgan fingerprint density at radius 1 is 1.09 bits per heavy atom. The molecule has 32 heavy (non-hydrogen) atoms. The average Bonchev–Trinajstić information content (AvgIpc) is 2.79. The second kappa shape index (κ2) is 9.74. The molecule has 1 aliphatic rings. The van der Waals surface area contributed by atoms with Crippen molar-refractivity contribution >= 4 is 11.9 Å². The van der Waals surface area contributed by atoms with Crippen LogP contribution in [0, 0.1) is 5.82 Å². The van der Waals surface area contributed by atoms with Crippen molar-refractivity contribution < 1.29 is 18.7 Å². The molecule has 0 aliphatic carbocycles. The van der Waals surface area contributed by atoms with Gasteiger partial charge in [0.2, 0.25) is 11.8 Å². The largest absolute Gasteiger partial charge is 0.439 e. The highest BCUT2D eigenvalue weighted by atomic mass is 19.1. The summed E-state index contributed by atoms with van der Waals surface area (Å²) in [6.45, 7) is 5.64. The van der Waals surface area contributed by atoms with Gasteiger partial charge >= 0.3 is 0 Å². The minimum Gasteiger partial charge on any atom is -0.439 e. The molecule has 1 N–H and O–H groups in total. The Morgan fingerprint density at radius 3 is 2.47 bits per heavy atom. The summed E-state index contributed by atoms with van der Waals surface area (Å²) in [4.78, 5) is 23.1. The number of morpholine rings is 1. The normalized spacial score (nSPS) is 18.3. The van der Waals surface area contributed by atoms with E-state index in [1.54, 1.807) is 12.3 Å². The lowest BCUT2D eigenvalue weighted by Crippen LogP contribution is -2.48. The Morgan fingerprint density at radius 2 is 1.78 bits per heavy atom. The van der Waals surface area contributed by atoms with Gasteiger partial charge in [-0.2, -0.15) is 4.98 Å². The van der Waals surface area contributed by atoms with Crippen LogP contribution in [-0.4, -0.2) is 46.1 Å². The highest BCUT2D eigenvalue weighted by Crippen LogP contribution is 2.20. The molecule has 3 aromatic rings. The first-order valence-electron chi connectivity index (χ1n) is 10.5. The lowest BCUT2D eigenvalue weighted by molar-refractivity contribution is -0.0586. The molecule has 0 saturated carbocycles. The van der Waals surface area contributed by atoms with Crippen LogP contribution in [0.1, 0.15) is 29.8 Å². The Bertz CT molecular complexity index is 1050. The van der Waals surface area contributed by atoms with Gasteiger partial charge in [-0.15, -0.1) is 0 Å². The number of nitrogens with one attached hydrogen (secondary N) is 1. The molecule has 0 spiro atoms. The molecule has 7 nitrogen and oxygen atoms in total. The molecule has 1 amide bonds. The molecule has 1 aliphatic heterocycles. The maximum atomic E-state index is 13.0. The summed E-state index contributed by atoms with van der Waals surface area (Å²) in [5.74, 6) is 0.926. The minimum atomic E-state index is -0.329. The third-order valence-electron chi connectivity index (χ3n) is 5.02. The van der Waals surface area contributed by atoms with Gasteiger partial charge in [-0.05, 0) is 55.8 Å². The maximum absolute atomic E-state index is 13.0. The molecule has 2 heterocycles. The monoisotopic (exact) mass is 436 g/mol. The van der Waals surface area contributed by atoms with E-state index >= 15 is 0 Å². The highest BCUT2D eigenvalue weighted by Gasteiger charge is 2.26. The molecule has 2 atom stereocenters. The van der Waals surface area contributed by atoms with Crippen LogP contribution >= 0.6 is 0 Å². The summed E-state index contributed by atoms with van der Waals surface area (Å²) in [5.41, 5.74) is 1.64. The van der Waals surface area contributed by atoms with Crippen LogP contribution in [0.4, 0.5) is 10.3 Å². The minimum absolute atomic E-state index is 0.0143. The van der Waals surface area contributed by atoms with Gasteiger partial charge in [-0.3, -0.25) is 4.79 Å². The van der Waals surface area contributed by atoms with Crippen molar-refractivity contribution in [3.63, 3.8) is 0 Å². The summed E-state index contributed by atoms with van der Waals surface area (Å²) in [6, 6.07) is 14.8. The number of aromatic nitrogens is 2. The summed E-state index contributed by atoms with van der Waals surface area (Å²) in [6.07, 6.45) is 1.66. The Balaban J connectivity index is 1.34. The molecule has 166 valence electrons. The number of amides is 1. The van der Waals surface area contributed by atoms with Crippen molar-refractivity contribution in [1.29, 1.82) is 0 Å². The van der Waals surface area contributed by atoms with Gasteiger partial charge in [0.1, 0.15) is 11.6 Å². The van der Waals surface area contributed by atoms with Crippen molar-refractivity contribution in [3.05, 3.63) is 77.7 Å².